The van der Waals surface area contributed by atoms with Crippen LogP contribution in [0.3, 0.4) is 0 Å². The Bertz CT molecular complexity index is 606. The molecule has 0 bridgehead atoms. The fourth-order valence-electron chi connectivity index (χ4n) is 3.01. The number of fused-ring (bicyclic) bond motifs is 1. The zero-order valence-corrected chi connectivity index (χ0v) is 12.5. The first-order chi connectivity index (χ1) is 9.61. The maximum absolute atomic E-state index is 6.21. The van der Waals surface area contributed by atoms with Crippen molar-refractivity contribution in [2.75, 3.05) is 5.32 Å². The lowest BCUT2D eigenvalue weighted by Crippen LogP contribution is -2.36. The molecule has 0 aliphatic carbocycles. The zero-order chi connectivity index (χ0) is 14.1. The van der Waals surface area contributed by atoms with Gasteiger partial charge in [-0.25, -0.2) is 0 Å². The van der Waals surface area contributed by atoms with Gasteiger partial charge < -0.3 is 10.1 Å². The molecule has 3 rings (SSSR count). The van der Waals surface area contributed by atoms with E-state index in [-0.39, 0.29) is 12.2 Å². The molecule has 20 heavy (non-hydrogen) atoms. The molecule has 0 saturated carbocycles. The quantitative estimate of drug-likeness (QED) is 0.897. The zero-order valence-electron chi connectivity index (χ0n) is 11.8. The molecule has 1 saturated heterocycles. The average Bonchev–Trinajstić information content (AvgIpc) is 2.37. The van der Waals surface area contributed by atoms with Crippen LogP contribution in [0.1, 0.15) is 26.7 Å². The largest absolute Gasteiger partial charge is 0.380 e. The molecule has 106 valence electrons. The summed E-state index contributed by atoms with van der Waals surface area (Å²) in [5, 5.41) is 5.40. The predicted octanol–water partition coefficient (Wildman–Crippen LogP) is 4.26. The molecule has 0 amide bonds. The first-order valence-electron chi connectivity index (χ1n) is 7.08. The number of pyridine rings is 1. The van der Waals surface area contributed by atoms with Crippen LogP contribution in [0, 0.1) is 0 Å². The van der Waals surface area contributed by atoms with Crippen molar-refractivity contribution >= 4 is 28.2 Å². The van der Waals surface area contributed by atoms with Gasteiger partial charge in [0, 0.05) is 22.6 Å². The molecular formula is C16H19ClN2O. The van der Waals surface area contributed by atoms with Crippen LogP contribution in [0.15, 0.2) is 30.5 Å². The Kier molecular flexibility index (Phi) is 3.81. The monoisotopic (exact) mass is 290 g/mol. The maximum atomic E-state index is 6.21. The van der Waals surface area contributed by atoms with E-state index in [2.05, 4.69) is 24.1 Å². The minimum atomic E-state index is 0.287. The van der Waals surface area contributed by atoms with Crippen molar-refractivity contribution in [3.63, 3.8) is 0 Å². The number of nitrogens with zero attached hydrogens (tertiary/aromatic N) is 1. The number of ether oxygens (including phenoxy) is 1. The van der Waals surface area contributed by atoms with Crippen molar-refractivity contribution in [2.24, 2.45) is 0 Å². The second-order valence-corrected chi connectivity index (χ2v) is 6.03. The van der Waals surface area contributed by atoms with Crippen LogP contribution in [-0.2, 0) is 4.74 Å². The Morgan fingerprint density at radius 3 is 2.75 bits per heavy atom. The second-order valence-electron chi connectivity index (χ2n) is 5.60. The van der Waals surface area contributed by atoms with Crippen LogP contribution in [0.2, 0.25) is 5.02 Å². The molecule has 4 heteroatoms. The van der Waals surface area contributed by atoms with Gasteiger partial charge in [-0.3, -0.25) is 4.98 Å². The standard InChI is InChI=1S/C16H19ClN2O/c1-10-6-14(7-11(2)20-10)19-15-9-13(17)8-12-4-3-5-18-16(12)15/h3-5,8-11,14,19H,6-7H2,1-2H3. The smallest absolute Gasteiger partial charge is 0.0934 e. The van der Waals surface area contributed by atoms with Crippen LogP contribution in [0.4, 0.5) is 5.69 Å². The first kappa shape index (κ1) is 13.7. The third kappa shape index (κ3) is 2.89. The van der Waals surface area contributed by atoms with E-state index >= 15 is 0 Å². The third-order valence-electron chi connectivity index (χ3n) is 3.73. The topological polar surface area (TPSA) is 34.2 Å². The van der Waals surface area contributed by atoms with Crippen molar-refractivity contribution in [1.82, 2.24) is 4.98 Å². The summed E-state index contributed by atoms with van der Waals surface area (Å²) in [5.41, 5.74) is 1.99. The molecule has 1 fully saturated rings. The molecule has 1 N–H and O–H groups in total. The van der Waals surface area contributed by atoms with E-state index in [9.17, 15) is 0 Å². The summed E-state index contributed by atoms with van der Waals surface area (Å²) in [6.45, 7) is 4.25. The number of halogens is 1. The summed E-state index contributed by atoms with van der Waals surface area (Å²) in [6, 6.07) is 8.28. The fourth-order valence-corrected chi connectivity index (χ4v) is 3.24. The SMILES string of the molecule is CC1CC(Nc2cc(Cl)cc3cccnc23)CC(C)O1. The van der Waals surface area contributed by atoms with E-state index in [1.54, 1.807) is 0 Å². The highest BCUT2D eigenvalue weighted by Gasteiger charge is 2.24. The molecular weight excluding hydrogens is 272 g/mol. The number of hydrogen-bond acceptors (Lipinski definition) is 3. The highest BCUT2D eigenvalue weighted by molar-refractivity contribution is 6.31. The van der Waals surface area contributed by atoms with Gasteiger partial charge in [-0.15, -0.1) is 0 Å². The number of rotatable bonds is 2. The first-order valence-corrected chi connectivity index (χ1v) is 7.46. The fraction of sp³-hybridized carbons (Fsp3) is 0.438. The molecule has 2 aromatic rings. The number of benzene rings is 1. The Balaban J connectivity index is 1.90. The molecule has 1 aromatic carbocycles. The lowest BCUT2D eigenvalue weighted by atomic mass is 9.99. The Morgan fingerprint density at radius 2 is 2.00 bits per heavy atom. The van der Waals surface area contributed by atoms with Gasteiger partial charge >= 0.3 is 0 Å². The van der Waals surface area contributed by atoms with Crippen molar-refractivity contribution in [1.29, 1.82) is 0 Å². The molecule has 0 spiro atoms. The van der Waals surface area contributed by atoms with Crippen LogP contribution >= 0.6 is 11.6 Å². The third-order valence-corrected chi connectivity index (χ3v) is 3.95. The Morgan fingerprint density at radius 1 is 1.25 bits per heavy atom. The number of nitrogens with one attached hydrogen (secondary N) is 1. The van der Waals surface area contributed by atoms with Gasteiger partial charge in [-0.1, -0.05) is 17.7 Å². The van der Waals surface area contributed by atoms with Gasteiger partial charge in [0.1, 0.15) is 0 Å². The number of aromatic nitrogens is 1. The summed E-state index contributed by atoms with van der Waals surface area (Å²) < 4.78 is 5.78. The van der Waals surface area contributed by atoms with Gasteiger partial charge in [0.25, 0.3) is 0 Å². The van der Waals surface area contributed by atoms with Crippen LogP contribution < -0.4 is 5.32 Å². The summed E-state index contributed by atoms with van der Waals surface area (Å²) in [6.07, 6.45) is 4.40. The number of hydrogen-bond donors (Lipinski definition) is 1. The van der Waals surface area contributed by atoms with E-state index in [1.165, 1.54) is 0 Å². The van der Waals surface area contributed by atoms with E-state index in [1.807, 2.05) is 30.5 Å². The summed E-state index contributed by atoms with van der Waals surface area (Å²) >= 11 is 6.21. The van der Waals surface area contributed by atoms with Crippen LogP contribution in [0.5, 0.6) is 0 Å². The molecule has 1 aliphatic heterocycles. The predicted molar refractivity (Wildman–Crippen MR) is 83.4 cm³/mol. The van der Waals surface area contributed by atoms with Crippen LogP contribution in [-0.4, -0.2) is 23.2 Å². The van der Waals surface area contributed by atoms with Crippen molar-refractivity contribution < 1.29 is 4.74 Å². The van der Waals surface area contributed by atoms with Gasteiger partial charge in [0.15, 0.2) is 0 Å². The lowest BCUT2D eigenvalue weighted by molar-refractivity contribution is -0.0337. The van der Waals surface area contributed by atoms with E-state index in [0.29, 0.717) is 6.04 Å². The minimum absolute atomic E-state index is 0.287. The Labute approximate surface area is 124 Å². The molecule has 1 aliphatic rings. The second kappa shape index (κ2) is 5.58. The molecule has 2 atom stereocenters. The summed E-state index contributed by atoms with van der Waals surface area (Å²) in [7, 11) is 0. The van der Waals surface area contributed by atoms with Crippen LogP contribution in [0.25, 0.3) is 10.9 Å². The summed E-state index contributed by atoms with van der Waals surface area (Å²) in [4.78, 5) is 4.47. The van der Waals surface area contributed by atoms with Gasteiger partial charge in [-0.2, -0.15) is 0 Å². The molecule has 2 unspecified atom stereocenters. The van der Waals surface area contributed by atoms with Gasteiger partial charge in [-0.05, 0) is 44.9 Å². The van der Waals surface area contributed by atoms with Gasteiger partial charge in [0.2, 0.25) is 0 Å². The highest BCUT2D eigenvalue weighted by Crippen LogP contribution is 2.29. The Hall–Kier alpha value is -1.32. The van der Waals surface area contributed by atoms with Crippen molar-refractivity contribution in [3.8, 4) is 0 Å². The summed E-state index contributed by atoms with van der Waals surface area (Å²) in [5.74, 6) is 0. The maximum Gasteiger partial charge on any atom is 0.0934 e. The number of anilines is 1. The normalized spacial score (nSPS) is 26.6. The molecule has 3 nitrogen and oxygen atoms in total. The molecule has 1 aromatic heterocycles. The van der Waals surface area contributed by atoms with E-state index < -0.39 is 0 Å². The van der Waals surface area contributed by atoms with E-state index in [0.717, 1.165) is 34.5 Å². The van der Waals surface area contributed by atoms with E-state index in [4.69, 9.17) is 16.3 Å². The lowest BCUT2D eigenvalue weighted by Gasteiger charge is -2.33. The minimum Gasteiger partial charge on any atom is -0.380 e. The highest BCUT2D eigenvalue weighted by atomic mass is 35.5. The molecule has 2 heterocycles. The van der Waals surface area contributed by atoms with Crippen molar-refractivity contribution in [2.45, 2.75) is 44.9 Å². The van der Waals surface area contributed by atoms with Crippen molar-refractivity contribution in [3.05, 3.63) is 35.5 Å². The molecule has 0 radical (unpaired) electrons. The average molecular weight is 291 g/mol. The van der Waals surface area contributed by atoms with Gasteiger partial charge in [0.05, 0.1) is 23.4 Å².